The highest BCUT2D eigenvalue weighted by molar-refractivity contribution is 6.33. The number of aromatic nitrogens is 1. The zero-order valence-corrected chi connectivity index (χ0v) is 15.8. The zero-order valence-electron chi connectivity index (χ0n) is 15.1. The Bertz CT molecular complexity index is 837. The molecule has 3 rings (SSSR count). The Morgan fingerprint density at radius 2 is 1.65 bits per heavy atom. The lowest BCUT2D eigenvalue weighted by atomic mass is 9.94. The van der Waals surface area contributed by atoms with Crippen molar-refractivity contribution >= 4 is 22.9 Å². The molecule has 2 nitrogen and oxygen atoms in total. The summed E-state index contributed by atoms with van der Waals surface area (Å²) < 4.78 is 28.8. The fourth-order valence-corrected chi connectivity index (χ4v) is 2.99. The molecule has 0 bridgehead atoms. The van der Waals surface area contributed by atoms with Crippen LogP contribution in [-0.2, 0) is 0 Å². The predicted molar refractivity (Wildman–Crippen MR) is 104 cm³/mol. The lowest BCUT2D eigenvalue weighted by Crippen LogP contribution is -2.26. The summed E-state index contributed by atoms with van der Waals surface area (Å²) >= 11 is 6.30. The van der Waals surface area contributed by atoms with Gasteiger partial charge in [-0.15, -0.1) is 0 Å². The van der Waals surface area contributed by atoms with E-state index >= 15 is 0 Å². The fraction of sp³-hybridized carbons (Fsp3) is 0.190. The molecule has 0 saturated carbocycles. The number of allylic oxidation sites excluding steroid dienone is 3. The molecule has 1 aromatic heterocycles. The predicted octanol–water partition coefficient (Wildman–Crippen LogP) is 6.23. The topological polar surface area (TPSA) is 16.1 Å². The first-order valence-electron chi connectivity index (χ1n) is 8.47. The molecule has 2 aromatic rings. The Hall–Kier alpha value is -2.46. The molecule has 0 radical (unpaired) electrons. The summed E-state index contributed by atoms with van der Waals surface area (Å²) in [7, 11) is 0. The maximum atomic E-state index is 14.4. The molecular weight excluding hydrogens is 354 g/mol. The number of halogens is 3. The van der Waals surface area contributed by atoms with E-state index in [0.717, 1.165) is 18.0 Å². The Kier molecular flexibility index (Phi) is 6.70. The van der Waals surface area contributed by atoms with Crippen LogP contribution in [0.1, 0.15) is 31.9 Å². The quantitative estimate of drug-likeness (QED) is 0.633. The van der Waals surface area contributed by atoms with Crippen LogP contribution in [0.25, 0.3) is 11.3 Å². The number of likely N-dealkylation sites (N-methyl/N-ethyl adjacent to an activating group) is 1. The molecule has 2 heterocycles. The maximum Gasteiger partial charge on any atom is 0.153 e. The van der Waals surface area contributed by atoms with Crippen LogP contribution >= 0.6 is 11.6 Å². The average Bonchev–Trinajstić information content (AvgIpc) is 2.66. The van der Waals surface area contributed by atoms with Crippen LogP contribution in [0.4, 0.5) is 8.78 Å². The maximum absolute atomic E-state index is 14.4. The molecule has 1 aliphatic rings. The first-order chi connectivity index (χ1) is 12.5. The van der Waals surface area contributed by atoms with Crippen LogP contribution in [0, 0.1) is 11.6 Å². The van der Waals surface area contributed by atoms with Gasteiger partial charge in [-0.25, -0.2) is 8.78 Å². The van der Waals surface area contributed by atoms with Gasteiger partial charge in [0.05, 0.1) is 34.4 Å². The fourth-order valence-electron chi connectivity index (χ4n) is 2.78. The highest BCUT2D eigenvalue weighted by Gasteiger charge is 2.28. The molecule has 0 N–H and O–H groups in total. The standard InChI is InChI=1S/C19H15ClF2N2.C2H6/c1-3-24-12(2)15(20)9-14(13-7-5-4-6-8-13)19(24)18-16(21)10-23-11-17(18)22;1-2/h4-11H,2-3H2,1H3;1-2H3. The van der Waals surface area contributed by atoms with Gasteiger partial charge in [0.2, 0.25) is 0 Å². The average molecular weight is 375 g/mol. The minimum Gasteiger partial charge on any atom is -0.340 e. The summed E-state index contributed by atoms with van der Waals surface area (Å²) in [5.74, 6) is -1.45. The van der Waals surface area contributed by atoms with Gasteiger partial charge >= 0.3 is 0 Å². The molecule has 0 amide bonds. The molecular formula is C21H21ClF2N2. The summed E-state index contributed by atoms with van der Waals surface area (Å²) in [6.45, 7) is 10.3. The molecule has 0 fully saturated rings. The van der Waals surface area contributed by atoms with Crippen molar-refractivity contribution in [2.75, 3.05) is 6.54 Å². The SMILES string of the molecule is C=C1C(Cl)=CC(c2ccccc2)=C(c2c(F)cncc2F)N1CC.CC. The van der Waals surface area contributed by atoms with E-state index in [2.05, 4.69) is 11.6 Å². The molecule has 136 valence electrons. The van der Waals surface area contributed by atoms with Gasteiger partial charge < -0.3 is 4.90 Å². The monoisotopic (exact) mass is 374 g/mol. The number of rotatable bonds is 3. The van der Waals surface area contributed by atoms with E-state index < -0.39 is 11.6 Å². The van der Waals surface area contributed by atoms with Crippen molar-refractivity contribution in [3.8, 4) is 0 Å². The minimum atomic E-state index is -0.726. The van der Waals surface area contributed by atoms with Gasteiger partial charge in [0.25, 0.3) is 0 Å². The third kappa shape index (κ3) is 3.70. The van der Waals surface area contributed by atoms with Gasteiger partial charge in [-0.2, -0.15) is 0 Å². The highest BCUT2D eigenvalue weighted by atomic mass is 35.5. The van der Waals surface area contributed by atoms with Crippen molar-refractivity contribution < 1.29 is 8.78 Å². The first-order valence-corrected chi connectivity index (χ1v) is 8.85. The summed E-state index contributed by atoms with van der Waals surface area (Å²) in [5.41, 5.74) is 2.22. The van der Waals surface area contributed by atoms with E-state index in [1.165, 1.54) is 0 Å². The van der Waals surface area contributed by atoms with Gasteiger partial charge in [-0.3, -0.25) is 4.98 Å². The number of nitrogens with zero attached hydrogens (tertiary/aromatic N) is 2. The van der Waals surface area contributed by atoms with Crippen LogP contribution < -0.4 is 0 Å². The summed E-state index contributed by atoms with van der Waals surface area (Å²) in [6, 6.07) is 9.34. The van der Waals surface area contributed by atoms with Gasteiger partial charge in [0, 0.05) is 12.1 Å². The van der Waals surface area contributed by atoms with Crippen molar-refractivity contribution in [2.24, 2.45) is 0 Å². The van der Waals surface area contributed by atoms with Crippen molar-refractivity contribution in [3.05, 3.63) is 88.9 Å². The van der Waals surface area contributed by atoms with Crippen molar-refractivity contribution in [2.45, 2.75) is 20.8 Å². The number of hydrogen-bond acceptors (Lipinski definition) is 2. The number of hydrogen-bond donors (Lipinski definition) is 0. The Morgan fingerprint density at radius 3 is 2.19 bits per heavy atom. The van der Waals surface area contributed by atoms with Crippen molar-refractivity contribution in [1.82, 2.24) is 9.88 Å². The van der Waals surface area contributed by atoms with E-state index in [0.29, 0.717) is 28.5 Å². The Morgan fingerprint density at radius 1 is 1.08 bits per heavy atom. The molecule has 0 atom stereocenters. The zero-order chi connectivity index (χ0) is 19.3. The number of pyridine rings is 1. The lowest BCUT2D eigenvalue weighted by Gasteiger charge is -2.33. The summed E-state index contributed by atoms with van der Waals surface area (Å²) in [6.07, 6.45) is 3.70. The normalized spacial score (nSPS) is 14.0. The van der Waals surface area contributed by atoms with Crippen LogP contribution in [0.5, 0.6) is 0 Å². The van der Waals surface area contributed by atoms with Gasteiger partial charge in [0.1, 0.15) is 0 Å². The lowest BCUT2D eigenvalue weighted by molar-refractivity contribution is 0.506. The van der Waals surface area contributed by atoms with Gasteiger partial charge in [-0.1, -0.05) is 62.4 Å². The van der Waals surface area contributed by atoms with E-state index in [1.807, 2.05) is 51.1 Å². The van der Waals surface area contributed by atoms with Crippen LogP contribution in [-0.4, -0.2) is 16.4 Å². The second kappa shape index (κ2) is 8.77. The second-order valence-corrected chi connectivity index (χ2v) is 5.70. The Balaban J connectivity index is 0.00000117. The molecule has 26 heavy (non-hydrogen) atoms. The van der Waals surface area contributed by atoms with Crippen LogP contribution in [0.3, 0.4) is 0 Å². The second-order valence-electron chi connectivity index (χ2n) is 5.29. The molecule has 1 aromatic carbocycles. The third-order valence-corrected chi connectivity index (χ3v) is 4.22. The van der Waals surface area contributed by atoms with Crippen molar-refractivity contribution in [1.29, 1.82) is 0 Å². The third-order valence-electron chi connectivity index (χ3n) is 3.89. The van der Waals surface area contributed by atoms with E-state index in [-0.39, 0.29) is 5.56 Å². The molecule has 0 saturated heterocycles. The molecule has 1 aliphatic heterocycles. The van der Waals surface area contributed by atoms with E-state index in [9.17, 15) is 8.78 Å². The molecule has 0 aliphatic carbocycles. The highest BCUT2D eigenvalue weighted by Crippen LogP contribution is 2.41. The largest absolute Gasteiger partial charge is 0.340 e. The first kappa shape index (κ1) is 19.9. The Labute approximate surface area is 158 Å². The molecule has 0 unspecified atom stereocenters. The van der Waals surface area contributed by atoms with Gasteiger partial charge in [-0.05, 0) is 18.6 Å². The van der Waals surface area contributed by atoms with Crippen LogP contribution in [0.2, 0.25) is 0 Å². The van der Waals surface area contributed by atoms with E-state index in [4.69, 9.17) is 11.6 Å². The summed E-state index contributed by atoms with van der Waals surface area (Å²) in [4.78, 5) is 5.28. The van der Waals surface area contributed by atoms with E-state index in [1.54, 1.807) is 11.0 Å². The smallest absolute Gasteiger partial charge is 0.153 e. The van der Waals surface area contributed by atoms with Crippen molar-refractivity contribution in [3.63, 3.8) is 0 Å². The van der Waals surface area contributed by atoms with Gasteiger partial charge in [0.15, 0.2) is 11.6 Å². The summed E-state index contributed by atoms with van der Waals surface area (Å²) in [5, 5.41) is 0.439. The molecule has 5 heteroatoms. The number of benzene rings is 1. The minimum absolute atomic E-state index is 0.132. The molecule has 0 spiro atoms. The van der Waals surface area contributed by atoms with Crippen LogP contribution in [0.15, 0.2) is 66.1 Å².